The Hall–Kier alpha value is -2.90. The summed E-state index contributed by atoms with van der Waals surface area (Å²) < 4.78 is 11.8. The van der Waals surface area contributed by atoms with Crippen LogP contribution in [0.2, 0.25) is 0 Å². The second-order valence-electron chi connectivity index (χ2n) is 6.02. The van der Waals surface area contributed by atoms with E-state index in [-0.39, 0.29) is 12.3 Å². The zero-order valence-corrected chi connectivity index (χ0v) is 15.8. The Bertz CT molecular complexity index is 863. The number of esters is 2. The normalized spacial score (nSPS) is 11.9. The highest BCUT2D eigenvalue weighted by atomic mass is 16.5. The van der Waals surface area contributed by atoms with Gasteiger partial charge in [0.2, 0.25) is 5.78 Å². The number of rotatable bonds is 6. The Balaban J connectivity index is 2.21. The molecule has 0 saturated heterocycles. The van der Waals surface area contributed by atoms with Crippen molar-refractivity contribution in [2.24, 2.45) is 7.05 Å². The predicted octanol–water partition coefficient (Wildman–Crippen LogP) is 2.28. The van der Waals surface area contributed by atoms with Gasteiger partial charge in [-0.25, -0.2) is 9.59 Å². The van der Waals surface area contributed by atoms with Gasteiger partial charge in [0.25, 0.3) is 0 Å². The van der Waals surface area contributed by atoms with Gasteiger partial charge in [-0.05, 0) is 40.2 Å². The SMILES string of the molecule is CCOC(=O)c1c(C)[nH]c(C(=O)[C@@H](C)OC(=O)c2cnn(C)c2C)c1C. The Kier molecular flexibility index (Phi) is 5.64. The van der Waals surface area contributed by atoms with Crippen LogP contribution in [0.1, 0.15) is 62.0 Å². The van der Waals surface area contributed by atoms with E-state index < -0.39 is 23.8 Å². The molecule has 0 fully saturated rings. The first kappa shape index (κ1) is 19.4. The standard InChI is InChI=1S/C18H23N3O5/c1-7-25-18(24)14-9(2)15(20-10(14)3)16(22)12(5)26-17(23)13-8-19-21(6)11(13)4/h8,12,20H,7H2,1-6H3/t12-/m1/s1. The van der Waals surface area contributed by atoms with Crippen molar-refractivity contribution in [2.75, 3.05) is 6.61 Å². The summed E-state index contributed by atoms with van der Waals surface area (Å²) in [6.07, 6.45) is 0.381. The molecule has 8 nitrogen and oxygen atoms in total. The van der Waals surface area contributed by atoms with Crippen molar-refractivity contribution in [3.8, 4) is 0 Å². The van der Waals surface area contributed by atoms with Gasteiger partial charge in [0, 0.05) is 18.4 Å². The lowest BCUT2D eigenvalue weighted by Gasteiger charge is -2.12. The quantitative estimate of drug-likeness (QED) is 0.625. The minimum atomic E-state index is -1.02. The van der Waals surface area contributed by atoms with Crippen molar-refractivity contribution >= 4 is 17.7 Å². The highest BCUT2D eigenvalue weighted by molar-refractivity contribution is 6.04. The predicted molar refractivity (Wildman–Crippen MR) is 93.4 cm³/mol. The first-order valence-corrected chi connectivity index (χ1v) is 8.29. The molecule has 2 rings (SSSR count). The largest absolute Gasteiger partial charge is 0.462 e. The first-order chi connectivity index (χ1) is 12.2. The summed E-state index contributed by atoms with van der Waals surface area (Å²) in [6.45, 7) is 8.52. The van der Waals surface area contributed by atoms with Crippen molar-refractivity contribution in [3.05, 3.63) is 40.0 Å². The number of aromatic nitrogens is 3. The molecule has 1 atom stereocenters. The summed E-state index contributed by atoms with van der Waals surface area (Å²) in [5.41, 5.74) is 2.52. The molecule has 0 unspecified atom stereocenters. The van der Waals surface area contributed by atoms with E-state index in [1.54, 1.807) is 39.4 Å². The van der Waals surface area contributed by atoms with E-state index in [0.717, 1.165) is 0 Å². The average Bonchev–Trinajstić information content (AvgIpc) is 3.06. The highest BCUT2D eigenvalue weighted by Crippen LogP contribution is 2.21. The monoisotopic (exact) mass is 361 g/mol. The Morgan fingerprint density at radius 1 is 1.23 bits per heavy atom. The van der Waals surface area contributed by atoms with E-state index in [2.05, 4.69) is 10.1 Å². The third-order valence-corrected chi connectivity index (χ3v) is 4.27. The van der Waals surface area contributed by atoms with Gasteiger partial charge in [-0.2, -0.15) is 5.10 Å². The van der Waals surface area contributed by atoms with Crippen LogP contribution in [0.5, 0.6) is 0 Å². The summed E-state index contributed by atoms with van der Waals surface area (Å²) in [6, 6.07) is 0. The molecule has 0 radical (unpaired) electrons. The maximum absolute atomic E-state index is 12.7. The molecule has 0 saturated carbocycles. The van der Waals surface area contributed by atoms with E-state index in [1.807, 2.05) is 0 Å². The zero-order chi connectivity index (χ0) is 19.6. The summed E-state index contributed by atoms with van der Waals surface area (Å²) in [4.78, 5) is 39.9. The van der Waals surface area contributed by atoms with Crippen LogP contribution in [-0.4, -0.2) is 45.2 Å². The van der Waals surface area contributed by atoms with Gasteiger partial charge in [0.05, 0.1) is 24.1 Å². The van der Waals surface area contributed by atoms with Gasteiger partial charge in [-0.15, -0.1) is 0 Å². The minimum absolute atomic E-state index is 0.230. The average molecular weight is 361 g/mol. The van der Waals surface area contributed by atoms with Gasteiger partial charge in [0.15, 0.2) is 6.10 Å². The van der Waals surface area contributed by atoms with Crippen molar-refractivity contribution in [2.45, 2.75) is 40.7 Å². The Morgan fingerprint density at radius 3 is 2.42 bits per heavy atom. The molecule has 0 spiro atoms. The maximum atomic E-state index is 12.7. The highest BCUT2D eigenvalue weighted by Gasteiger charge is 2.28. The molecule has 2 aromatic rings. The molecular formula is C18H23N3O5. The molecule has 0 aliphatic carbocycles. The molecule has 0 aliphatic rings. The Morgan fingerprint density at radius 2 is 1.88 bits per heavy atom. The summed E-state index contributed by atoms with van der Waals surface area (Å²) in [5, 5.41) is 3.99. The van der Waals surface area contributed by atoms with Gasteiger partial charge in [0.1, 0.15) is 5.56 Å². The number of hydrogen-bond donors (Lipinski definition) is 1. The molecule has 0 bridgehead atoms. The summed E-state index contributed by atoms with van der Waals surface area (Å²) in [7, 11) is 1.71. The third kappa shape index (κ3) is 3.54. The van der Waals surface area contributed by atoms with Crippen molar-refractivity contribution in [1.29, 1.82) is 0 Å². The lowest BCUT2D eigenvalue weighted by molar-refractivity contribution is 0.0315. The van der Waals surface area contributed by atoms with E-state index in [9.17, 15) is 14.4 Å². The molecule has 140 valence electrons. The third-order valence-electron chi connectivity index (χ3n) is 4.27. The molecule has 8 heteroatoms. The van der Waals surface area contributed by atoms with Crippen LogP contribution < -0.4 is 0 Å². The van der Waals surface area contributed by atoms with E-state index in [0.29, 0.717) is 28.1 Å². The van der Waals surface area contributed by atoms with Gasteiger partial charge < -0.3 is 14.5 Å². The number of carbonyl (C=O) groups excluding carboxylic acids is 3. The number of Topliss-reactive ketones (excluding diaryl/α,β-unsaturated/α-hetero) is 1. The van der Waals surface area contributed by atoms with Crippen LogP contribution >= 0.6 is 0 Å². The van der Waals surface area contributed by atoms with Crippen LogP contribution in [0, 0.1) is 20.8 Å². The molecule has 0 aromatic carbocycles. The van der Waals surface area contributed by atoms with Gasteiger partial charge >= 0.3 is 11.9 Å². The topological polar surface area (TPSA) is 103 Å². The van der Waals surface area contributed by atoms with E-state index >= 15 is 0 Å². The van der Waals surface area contributed by atoms with Crippen LogP contribution in [0.15, 0.2) is 6.20 Å². The van der Waals surface area contributed by atoms with Crippen LogP contribution in [0.3, 0.4) is 0 Å². The van der Waals surface area contributed by atoms with Crippen molar-refractivity contribution in [3.63, 3.8) is 0 Å². The fraction of sp³-hybridized carbons (Fsp3) is 0.444. The first-order valence-electron chi connectivity index (χ1n) is 8.29. The molecular weight excluding hydrogens is 338 g/mol. The summed E-state index contributed by atoms with van der Waals surface area (Å²) in [5.74, 6) is -1.53. The molecule has 26 heavy (non-hydrogen) atoms. The van der Waals surface area contributed by atoms with Gasteiger partial charge in [-0.1, -0.05) is 0 Å². The number of ketones is 1. The summed E-state index contributed by atoms with van der Waals surface area (Å²) >= 11 is 0. The van der Waals surface area contributed by atoms with E-state index in [1.165, 1.54) is 13.1 Å². The Labute approximate surface area is 151 Å². The van der Waals surface area contributed by atoms with Crippen molar-refractivity contribution < 1.29 is 23.9 Å². The molecule has 2 heterocycles. The fourth-order valence-corrected chi connectivity index (χ4v) is 2.69. The molecule has 2 aromatic heterocycles. The van der Waals surface area contributed by atoms with Crippen molar-refractivity contribution in [1.82, 2.24) is 14.8 Å². The van der Waals surface area contributed by atoms with Crippen LogP contribution in [0.4, 0.5) is 0 Å². The lowest BCUT2D eigenvalue weighted by atomic mass is 10.1. The molecule has 0 amide bonds. The van der Waals surface area contributed by atoms with Gasteiger partial charge in [-0.3, -0.25) is 9.48 Å². The second-order valence-corrected chi connectivity index (χ2v) is 6.02. The molecule has 1 N–H and O–H groups in total. The van der Waals surface area contributed by atoms with Crippen LogP contribution in [-0.2, 0) is 16.5 Å². The lowest BCUT2D eigenvalue weighted by Crippen LogP contribution is -2.25. The number of H-pyrrole nitrogens is 1. The minimum Gasteiger partial charge on any atom is -0.462 e. The van der Waals surface area contributed by atoms with E-state index in [4.69, 9.17) is 9.47 Å². The fourth-order valence-electron chi connectivity index (χ4n) is 2.69. The maximum Gasteiger partial charge on any atom is 0.342 e. The van der Waals surface area contributed by atoms with Crippen LogP contribution in [0.25, 0.3) is 0 Å². The number of carbonyl (C=O) groups is 3. The second kappa shape index (κ2) is 7.55. The smallest absolute Gasteiger partial charge is 0.342 e. The number of nitrogens with zero attached hydrogens (tertiary/aromatic N) is 2. The number of ether oxygens (including phenoxy) is 2. The zero-order valence-electron chi connectivity index (χ0n) is 15.8. The number of hydrogen-bond acceptors (Lipinski definition) is 6. The number of nitrogens with one attached hydrogen (secondary N) is 1. The number of aromatic amines is 1. The molecule has 0 aliphatic heterocycles. The number of aryl methyl sites for hydroxylation is 2.